The minimum absolute atomic E-state index is 0.00773. The zero-order valence-corrected chi connectivity index (χ0v) is 11.5. The van der Waals surface area contributed by atoms with Crippen LogP contribution in [0.5, 0.6) is 0 Å². The van der Waals surface area contributed by atoms with Gasteiger partial charge in [-0.2, -0.15) is 0 Å². The molecule has 1 aliphatic rings. The van der Waals surface area contributed by atoms with Gasteiger partial charge in [0.05, 0.1) is 5.92 Å². The average Bonchev–Trinajstić information content (AvgIpc) is 2.15. The second kappa shape index (κ2) is 5.33. The Balaban J connectivity index is 2.56. The molecule has 1 saturated carbocycles. The first kappa shape index (κ1) is 13.0. The molecular formula is C12H21BrO2. The summed E-state index contributed by atoms with van der Waals surface area (Å²) in [5.41, 5.74) is -0.356. The molecule has 0 aromatic rings. The van der Waals surface area contributed by atoms with Crippen LogP contribution >= 0.6 is 15.9 Å². The maximum absolute atomic E-state index is 11.9. The molecule has 0 radical (unpaired) electrons. The highest BCUT2D eigenvalue weighted by atomic mass is 79.9. The molecule has 3 heteroatoms. The molecule has 0 heterocycles. The van der Waals surface area contributed by atoms with Crippen molar-refractivity contribution >= 4 is 21.9 Å². The first-order valence-electron chi connectivity index (χ1n) is 5.73. The van der Waals surface area contributed by atoms with Gasteiger partial charge < -0.3 is 4.74 Å². The largest absolute Gasteiger partial charge is 0.460 e. The number of halogens is 1. The van der Waals surface area contributed by atoms with Crippen LogP contribution < -0.4 is 0 Å². The van der Waals surface area contributed by atoms with Gasteiger partial charge in [0.15, 0.2) is 0 Å². The van der Waals surface area contributed by atoms with Gasteiger partial charge in [0.25, 0.3) is 0 Å². The highest BCUT2D eigenvalue weighted by Crippen LogP contribution is 2.33. The molecule has 1 fully saturated rings. The molecule has 2 atom stereocenters. The SMILES string of the molecule is CC(C)(C)OC(=O)[C@@H]1CCCC[C@H]1CBr. The van der Waals surface area contributed by atoms with E-state index in [4.69, 9.17) is 4.74 Å². The van der Waals surface area contributed by atoms with E-state index in [1.54, 1.807) is 0 Å². The summed E-state index contributed by atoms with van der Waals surface area (Å²) in [4.78, 5) is 11.9. The number of esters is 1. The van der Waals surface area contributed by atoms with Gasteiger partial charge in [0, 0.05) is 5.33 Å². The zero-order chi connectivity index (χ0) is 11.5. The molecule has 0 N–H and O–H groups in total. The van der Waals surface area contributed by atoms with Gasteiger partial charge in [0.1, 0.15) is 5.60 Å². The Morgan fingerprint density at radius 3 is 2.47 bits per heavy atom. The summed E-state index contributed by atoms with van der Waals surface area (Å²) >= 11 is 3.49. The molecule has 15 heavy (non-hydrogen) atoms. The Kier molecular flexibility index (Phi) is 4.63. The van der Waals surface area contributed by atoms with E-state index < -0.39 is 0 Å². The fourth-order valence-corrected chi connectivity index (χ4v) is 2.86. The third kappa shape index (κ3) is 4.13. The molecule has 0 bridgehead atoms. The van der Waals surface area contributed by atoms with Gasteiger partial charge >= 0.3 is 5.97 Å². The number of carbonyl (C=O) groups excluding carboxylic acids is 1. The number of rotatable bonds is 2. The highest BCUT2D eigenvalue weighted by molar-refractivity contribution is 9.09. The van der Waals surface area contributed by atoms with E-state index in [1.165, 1.54) is 6.42 Å². The topological polar surface area (TPSA) is 26.3 Å². The van der Waals surface area contributed by atoms with Gasteiger partial charge in [-0.15, -0.1) is 0 Å². The zero-order valence-electron chi connectivity index (χ0n) is 9.88. The predicted molar refractivity (Wildman–Crippen MR) is 65.1 cm³/mol. The Morgan fingerprint density at radius 1 is 1.33 bits per heavy atom. The van der Waals surface area contributed by atoms with Crippen LogP contribution in [-0.2, 0) is 9.53 Å². The summed E-state index contributed by atoms with van der Waals surface area (Å²) in [6.45, 7) is 5.78. The van der Waals surface area contributed by atoms with Crippen molar-refractivity contribution in [3.05, 3.63) is 0 Å². The van der Waals surface area contributed by atoms with E-state index in [0.29, 0.717) is 5.92 Å². The quantitative estimate of drug-likeness (QED) is 0.570. The standard InChI is InChI=1S/C12H21BrO2/c1-12(2,3)15-11(14)10-7-5-4-6-9(10)8-13/h9-10H,4-8H2,1-3H3/t9-,10+/m0/s1. The van der Waals surface area contributed by atoms with Gasteiger partial charge in [-0.3, -0.25) is 4.79 Å². The van der Waals surface area contributed by atoms with Crippen LogP contribution in [0.4, 0.5) is 0 Å². The van der Waals surface area contributed by atoms with Crippen molar-refractivity contribution in [1.29, 1.82) is 0 Å². The summed E-state index contributed by atoms with van der Waals surface area (Å²) in [7, 11) is 0. The molecule has 0 aromatic carbocycles. The fraction of sp³-hybridized carbons (Fsp3) is 0.917. The molecule has 1 rings (SSSR count). The van der Waals surface area contributed by atoms with E-state index in [0.717, 1.165) is 24.6 Å². The third-order valence-electron chi connectivity index (χ3n) is 2.82. The van der Waals surface area contributed by atoms with E-state index in [9.17, 15) is 4.79 Å². The van der Waals surface area contributed by atoms with Crippen LogP contribution in [0.2, 0.25) is 0 Å². The van der Waals surface area contributed by atoms with Crippen molar-refractivity contribution in [2.24, 2.45) is 11.8 Å². The van der Waals surface area contributed by atoms with Crippen LogP contribution in [-0.4, -0.2) is 16.9 Å². The Labute approximate surface area is 101 Å². The van der Waals surface area contributed by atoms with Crippen LogP contribution in [0.25, 0.3) is 0 Å². The summed E-state index contributed by atoms with van der Waals surface area (Å²) < 4.78 is 5.45. The molecule has 88 valence electrons. The predicted octanol–water partition coefficient (Wildman–Crippen LogP) is 3.53. The lowest BCUT2D eigenvalue weighted by Crippen LogP contribution is -2.34. The van der Waals surface area contributed by atoms with E-state index in [1.807, 2.05) is 20.8 Å². The van der Waals surface area contributed by atoms with Gasteiger partial charge in [-0.1, -0.05) is 28.8 Å². The molecule has 1 aliphatic carbocycles. The Bertz CT molecular complexity index is 220. The minimum atomic E-state index is -0.356. The second-order valence-electron chi connectivity index (χ2n) is 5.34. The van der Waals surface area contributed by atoms with Crippen molar-refractivity contribution < 1.29 is 9.53 Å². The molecule has 0 amide bonds. The second-order valence-corrected chi connectivity index (χ2v) is 5.99. The molecule has 2 nitrogen and oxygen atoms in total. The highest BCUT2D eigenvalue weighted by Gasteiger charge is 2.33. The van der Waals surface area contributed by atoms with Gasteiger partial charge in [0.2, 0.25) is 0 Å². The number of alkyl halides is 1. The maximum Gasteiger partial charge on any atom is 0.309 e. The number of ether oxygens (including phenoxy) is 1. The van der Waals surface area contributed by atoms with Crippen molar-refractivity contribution in [1.82, 2.24) is 0 Å². The van der Waals surface area contributed by atoms with Crippen molar-refractivity contribution in [3.63, 3.8) is 0 Å². The summed E-state index contributed by atoms with van der Waals surface area (Å²) in [5, 5.41) is 0.914. The van der Waals surface area contributed by atoms with Gasteiger partial charge in [-0.25, -0.2) is 0 Å². The summed E-state index contributed by atoms with van der Waals surface area (Å²) in [6, 6.07) is 0. The first-order valence-corrected chi connectivity index (χ1v) is 6.85. The van der Waals surface area contributed by atoms with E-state index >= 15 is 0 Å². The number of hydrogen-bond donors (Lipinski definition) is 0. The van der Waals surface area contributed by atoms with E-state index in [-0.39, 0.29) is 17.5 Å². The van der Waals surface area contributed by atoms with Crippen LogP contribution in [0, 0.1) is 11.8 Å². The molecule has 0 aromatic heterocycles. The van der Waals surface area contributed by atoms with Crippen LogP contribution in [0.1, 0.15) is 46.5 Å². The molecular weight excluding hydrogens is 256 g/mol. The smallest absolute Gasteiger partial charge is 0.309 e. The van der Waals surface area contributed by atoms with Crippen LogP contribution in [0.15, 0.2) is 0 Å². The van der Waals surface area contributed by atoms with Crippen molar-refractivity contribution in [3.8, 4) is 0 Å². The van der Waals surface area contributed by atoms with Crippen molar-refractivity contribution in [2.75, 3.05) is 5.33 Å². The molecule has 0 saturated heterocycles. The minimum Gasteiger partial charge on any atom is -0.460 e. The summed E-state index contributed by atoms with van der Waals surface area (Å²) in [6.07, 6.45) is 4.54. The molecule has 0 aliphatic heterocycles. The molecule has 0 unspecified atom stereocenters. The lowest BCUT2D eigenvalue weighted by atomic mass is 9.80. The lowest BCUT2D eigenvalue weighted by Gasteiger charge is -2.31. The average molecular weight is 277 g/mol. The summed E-state index contributed by atoms with van der Waals surface area (Å²) in [5.74, 6) is 0.567. The molecule has 0 spiro atoms. The monoisotopic (exact) mass is 276 g/mol. The normalized spacial score (nSPS) is 27.5. The Morgan fingerprint density at radius 2 is 1.93 bits per heavy atom. The van der Waals surface area contributed by atoms with E-state index in [2.05, 4.69) is 15.9 Å². The first-order chi connectivity index (χ1) is 6.94. The van der Waals surface area contributed by atoms with Crippen molar-refractivity contribution in [2.45, 2.75) is 52.1 Å². The van der Waals surface area contributed by atoms with Gasteiger partial charge in [-0.05, 0) is 39.5 Å². The number of hydrogen-bond acceptors (Lipinski definition) is 2. The number of carbonyl (C=O) groups is 1. The lowest BCUT2D eigenvalue weighted by molar-refractivity contribution is -0.162. The Hall–Kier alpha value is -0.0500. The third-order valence-corrected chi connectivity index (χ3v) is 3.65. The van der Waals surface area contributed by atoms with Crippen LogP contribution in [0.3, 0.4) is 0 Å². The fourth-order valence-electron chi connectivity index (χ4n) is 2.08. The maximum atomic E-state index is 11.9.